The minimum Gasteiger partial charge on any atom is -0.454 e. The van der Waals surface area contributed by atoms with Gasteiger partial charge in [0.2, 0.25) is 6.79 Å². The van der Waals surface area contributed by atoms with Gasteiger partial charge in [-0.25, -0.2) is 0 Å². The van der Waals surface area contributed by atoms with Crippen LogP contribution in [0.5, 0.6) is 11.5 Å². The molecule has 0 fully saturated rings. The van der Waals surface area contributed by atoms with E-state index in [-0.39, 0.29) is 18.9 Å². The topological polar surface area (TPSA) is 34.6 Å². The summed E-state index contributed by atoms with van der Waals surface area (Å²) in [5.74, 6) is 1.33. The number of alkyl halides is 3. The number of benzene rings is 2. The summed E-state index contributed by atoms with van der Waals surface area (Å²) >= 11 is 0. The van der Waals surface area contributed by atoms with Crippen molar-refractivity contribution in [2.45, 2.75) is 25.8 Å². The maximum Gasteiger partial charge on any atom is 0.416 e. The molecule has 0 radical (unpaired) electrons. The molecule has 4 nitrogen and oxygen atoms in total. The molecule has 0 saturated heterocycles. The van der Waals surface area contributed by atoms with Gasteiger partial charge in [-0.3, -0.25) is 9.88 Å². The van der Waals surface area contributed by atoms with Crippen LogP contribution in [0.2, 0.25) is 0 Å². The van der Waals surface area contributed by atoms with E-state index in [2.05, 4.69) is 4.98 Å². The standard InChI is InChI=1S/C22H19F3N2O2/c23-22(24,25)19-4-2-1-3-18(19)14-27(12-16-7-9-26-10-8-16)13-17-5-6-20-21(11-17)29-15-28-20/h1-11H,12-15H2. The average molecular weight is 400 g/mol. The van der Waals surface area contributed by atoms with Crippen molar-refractivity contribution in [3.8, 4) is 11.5 Å². The number of halogens is 3. The molecule has 1 aliphatic rings. The Morgan fingerprint density at radius 2 is 1.55 bits per heavy atom. The third kappa shape index (κ3) is 4.68. The first-order chi connectivity index (χ1) is 14.0. The SMILES string of the molecule is FC(F)(F)c1ccccc1CN(Cc1ccncc1)Cc1ccc2c(c1)OCO2. The third-order valence-corrected chi connectivity index (χ3v) is 4.72. The summed E-state index contributed by atoms with van der Waals surface area (Å²) in [7, 11) is 0. The van der Waals surface area contributed by atoms with Crippen LogP contribution in [0.4, 0.5) is 13.2 Å². The Labute approximate surface area is 166 Å². The Bertz CT molecular complexity index is 977. The normalized spacial score (nSPS) is 13.1. The van der Waals surface area contributed by atoms with E-state index in [1.54, 1.807) is 18.5 Å². The smallest absolute Gasteiger partial charge is 0.416 e. The van der Waals surface area contributed by atoms with Crippen molar-refractivity contribution >= 4 is 0 Å². The summed E-state index contributed by atoms with van der Waals surface area (Å²) in [5.41, 5.74) is 1.55. The van der Waals surface area contributed by atoms with Crippen LogP contribution in [0, 0.1) is 0 Å². The van der Waals surface area contributed by atoms with E-state index in [4.69, 9.17) is 9.47 Å². The Morgan fingerprint density at radius 3 is 2.34 bits per heavy atom. The van der Waals surface area contributed by atoms with Gasteiger partial charge in [-0.05, 0) is 47.0 Å². The van der Waals surface area contributed by atoms with Crippen molar-refractivity contribution in [1.82, 2.24) is 9.88 Å². The van der Waals surface area contributed by atoms with Crippen LogP contribution in [0.15, 0.2) is 67.0 Å². The molecule has 2 heterocycles. The van der Waals surface area contributed by atoms with Crippen LogP contribution < -0.4 is 9.47 Å². The van der Waals surface area contributed by atoms with Gasteiger partial charge in [0.25, 0.3) is 0 Å². The first-order valence-corrected chi connectivity index (χ1v) is 9.14. The van der Waals surface area contributed by atoms with E-state index < -0.39 is 11.7 Å². The summed E-state index contributed by atoms with van der Waals surface area (Å²) < 4.78 is 51.1. The number of hydrogen-bond acceptors (Lipinski definition) is 4. The van der Waals surface area contributed by atoms with Crippen molar-refractivity contribution in [3.63, 3.8) is 0 Å². The predicted molar refractivity (Wildman–Crippen MR) is 101 cm³/mol. The van der Waals surface area contributed by atoms with Crippen molar-refractivity contribution in [1.29, 1.82) is 0 Å². The largest absolute Gasteiger partial charge is 0.454 e. The van der Waals surface area contributed by atoms with Crippen molar-refractivity contribution in [2.24, 2.45) is 0 Å². The molecule has 0 unspecified atom stereocenters. The van der Waals surface area contributed by atoms with E-state index in [1.807, 2.05) is 35.2 Å². The summed E-state index contributed by atoms with van der Waals surface area (Å²) in [5, 5.41) is 0. The Hall–Kier alpha value is -3.06. The number of ether oxygens (including phenoxy) is 2. The van der Waals surface area contributed by atoms with E-state index in [1.165, 1.54) is 12.1 Å². The average Bonchev–Trinajstić information content (AvgIpc) is 3.16. The van der Waals surface area contributed by atoms with Crippen LogP contribution in [0.3, 0.4) is 0 Å². The van der Waals surface area contributed by atoms with Gasteiger partial charge in [0.1, 0.15) is 0 Å². The molecule has 0 N–H and O–H groups in total. The first-order valence-electron chi connectivity index (χ1n) is 9.14. The van der Waals surface area contributed by atoms with Crippen LogP contribution in [-0.4, -0.2) is 16.7 Å². The monoisotopic (exact) mass is 400 g/mol. The van der Waals surface area contributed by atoms with Crippen molar-refractivity contribution in [3.05, 3.63) is 89.2 Å². The highest BCUT2D eigenvalue weighted by molar-refractivity contribution is 5.44. The minimum atomic E-state index is -4.39. The fraction of sp³-hybridized carbons (Fsp3) is 0.227. The summed E-state index contributed by atoms with van der Waals surface area (Å²) in [4.78, 5) is 5.98. The Balaban J connectivity index is 1.61. The van der Waals surface area contributed by atoms with Gasteiger partial charge < -0.3 is 9.47 Å². The Morgan fingerprint density at radius 1 is 0.828 bits per heavy atom. The zero-order valence-corrected chi connectivity index (χ0v) is 15.5. The number of pyridine rings is 1. The number of fused-ring (bicyclic) bond motifs is 1. The van der Waals surface area contributed by atoms with Gasteiger partial charge in [-0.2, -0.15) is 13.2 Å². The van der Waals surface area contributed by atoms with Gasteiger partial charge in [-0.1, -0.05) is 24.3 Å². The quantitative estimate of drug-likeness (QED) is 0.581. The number of hydrogen-bond donors (Lipinski definition) is 0. The molecule has 0 bridgehead atoms. The lowest BCUT2D eigenvalue weighted by Gasteiger charge is -2.24. The van der Waals surface area contributed by atoms with Gasteiger partial charge in [-0.15, -0.1) is 0 Å². The molecular weight excluding hydrogens is 381 g/mol. The van der Waals surface area contributed by atoms with E-state index in [9.17, 15) is 13.2 Å². The molecule has 0 atom stereocenters. The predicted octanol–water partition coefficient (Wildman–Crippen LogP) is 5.03. The van der Waals surface area contributed by atoms with Gasteiger partial charge in [0.15, 0.2) is 11.5 Å². The van der Waals surface area contributed by atoms with Crippen LogP contribution in [-0.2, 0) is 25.8 Å². The number of rotatable bonds is 6. The third-order valence-electron chi connectivity index (χ3n) is 4.72. The molecule has 0 saturated carbocycles. The molecule has 0 amide bonds. The zero-order chi connectivity index (χ0) is 20.3. The molecule has 1 aliphatic heterocycles. The van der Waals surface area contributed by atoms with Crippen molar-refractivity contribution < 1.29 is 22.6 Å². The second-order valence-electron chi connectivity index (χ2n) is 6.84. The van der Waals surface area contributed by atoms with E-state index >= 15 is 0 Å². The highest BCUT2D eigenvalue weighted by atomic mass is 19.4. The van der Waals surface area contributed by atoms with E-state index in [0.717, 1.165) is 17.2 Å². The Kier molecular flexibility index (Phi) is 5.40. The maximum absolute atomic E-state index is 13.4. The van der Waals surface area contributed by atoms with Gasteiger partial charge in [0, 0.05) is 32.0 Å². The summed E-state index contributed by atoms with van der Waals surface area (Å²) in [6.07, 6.45) is -1.03. The summed E-state index contributed by atoms with van der Waals surface area (Å²) in [6, 6.07) is 15.0. The van der Waals surface area contributed by atoms with Crippen LogP contribution in [0.25, 0.3) is 0 Å². The zero-order valence-electron chi connectivity index (χ0n) is 15.5. The van der Waals surface area contributed by atoms with Crippen LogP contribution in [0.1, 0.15) is 22.3 Å². The van der Waals surface area contributed by atoms with E-state index in [0.29, 0.717) is 24.6 Å². The molecule has 150 valence electrons. The second kappa shape index (κ2) is 8.13. The second-order valence-corrected chi connectivity index (χ2v) is 6.84. The number of aromatic nitrogens is 1. The highest BCUT2D eigenvalue weighted by Gasteiger charge is 2.33. The van der Waals surface area contributed by atoms with Crippen molar-refractivity contribution in [2.75, 3.05) is 6.79 Å². The highest BCUT2D eigenvalue weighted by Crippen LogP contribution is 2.34. The molecular formula is C22H19F3N2O2. The molecule has 2 aromatic carbocycles. The molecule has 0 spiro atoms. The minimum absolute atomic E-state index is 0.159. The molecule has 1 aromatic heterocycles. The maximum atomic E-state index is 13.4. The first kappa shape index (κ1) is 19.3. The van der Waals surface area contributed by atoms with Gasteiger partial charge >= 0.3 is 6.18 Å². The molecule has 4 rings (SSSR count). The molecule has 7 heteroatoms. The fourth-order valence-corrected chi connectivity index (χ4v) is 3.39. The van der Waals surface area contributed by atoms with Gasteiger partial charge in [0.05, 0.1) is 5.56 Å². The lowest BCUT2D eigenvalue weighted by Crippen LogP contribution is -2.24. The van der Waals surface area contributed by atoms with Crippen LogP contribution >= 0.6 is 0 Å². The molecule has 29 heavy (non-hydrogen) atoms. The number of nitrogens with zero attached hydrogens (tertiary/aromatic N) is 2. The molecule has 3 aromatic rings. The molecule has 0 aliphatic carbocycles. The lowest BCUT2D eigenvalue weighted by atomic mass is 10.1. The summed E-state index contributed by atoms with van der Waals surface area (Å²) in [6.45, 7) is 1.29. The fourth-order valence-electron chi connectivity index (χ4n) is 3.39. The lowest BCUT2D eigenvalue weighted by molar-refractivity contribution is -0.138.